The van der Waals surface area contributed by atoms with Crippen molar-refractivity contribution in [3.05, 3.63) is 14.9 Å². The fourth-order valence-corrected chi connectivity index (χ4v) is 2.41. The van der Waals surface area contributed by atoms with Crippen molar-refractivity contribution in [2.45, 2.75) is 38.3 Å². The first kappa shape index (κ1) is 11.7. The van der Waals surface area contributed by atoms with Gasteiger partial charge < -0.3 is 4.74 Å². The summed E-state index contributed by atoms with van der Waals surface area (Å²) in [5.41, 5.74) is 0. The predicted molar refractivity (Wildman–Crippen MR) is 68.2 cm³/mol. The summed E-state index contributed by atoms with van der Waals surface area (Å²) < 4.78 is 8.36. The van der Waals surface area contributed by atoms with E-state index in [0.717, 1.165) is 34.7 Å². The lowest BCUT2D eigenvalue weighted by Gasteiger charge is -2.08. The molecule has 1 aromatic rings. The van der Waals surface area contributed by atoms with Crippen LogP contribution in [-0.4, -0.2) is 22.5 Å². The SMILES string of the molecule is Clc1cn(CCCC2CCCO2)nc1I. The van der Waals surface area contributed by atoms with Gasteiger partial charge in [0.15, 0.2) is 0 Å². The number of nitrogens with zero attached hydrogens (tertiary/aromatic N) is 2. The molecule has 1 fully saturated rings. The molecule has 1 unspecified atom stereocenters. The lowest BCUT2D eigenvalue weighted by molar-refractivity contribution is 0.101. The molecule has 0 N–H and O–H groups in total. The predicted octanol–water partition coefficient (Wildman–Crippen LogP) is 3.10. The van der Waals surface area contributed by atoms with Crippen molar-refractivity contribution in [3.63, 3.8) is 0 Å². The van der Waals surface area contributed by atoms with Crippen LogP contribution in [0.1, 0.15) is 25.7 Å². The van der Waals surface area contributed by atoms with Crippen LogP contribution in [0.2, 0.25) is 5.02 Å². The van der Waals surface area contributed by atoms with E-state index in [2.05, 4.69) is 27.7 Å². The van der Waals surface area contributed by atoms with Crippen molar-refractivity contribution in [3.8, 4) is 0 Å². The molecule has 5 heteroatoms. The molecular weight excluding hydrogens is 326 g/mol. The van der Waals surface area contributed by atoms with Crippen molar-refractivity contribution in [1.82, 2.24) is 9.78 Å². The van der Waals surface area contributed by atoms with Gasteiger partial charge in [-0.25, -0.2) is 0 Å². The van der Waals surface area contributed by atoms with E-state index < -0.39 is 0 Å². The molecule has 1 aromatic heterocycles. The monoisotopic (exact) mass is 340 g/mol. The van der Waals surface area contributed by atoms with E-state index in [1.54, 1.807) is 0 Å². The topological polar surface area (TPSA) is 27.1 Å². The molecule has 84 valence electrons. The minimum Gasteiger partial charge on any atom is -0.378 e. The molecule has 2 rings (SSSR count). The number of aromatic nitrogens is 2. The normalized spacial score (nSPS) is 21.1. The summed E-state index contributed by atoms with van der Waals surface area (Å²) >= 11 is 8.07. The second kappa shape index (κ2) is 5.50. The van der Waals surface area contributed by atoms with E-state index in [-0.39, 0.29) is 0 Å². The lowest BCUT2D eigenvalue weighted by Crippen LogP contribution is -2.07. The van der Waals surface area contributed by atoms with Gasteiger partial charge in [-0.15, -0.1) is 0 Å². The number of halogens is 2. The highest BCUT2D eigenvalue weighted by Gasteiger charge is 2.14. The van der Waals surface area contributed by atoms with Crippen LogP contribution < -0.4 is 0 Å². The van der Waals surface area contributed by atoms with Gasteiger partial charge >= 0.3 is 0 Å². The highest BCUT2D eigenvalue weighted by atomic mass is 127. The highest BCUT2D eigenvalue weighted by molar-refractivity contribution is 14.1. The van der Waals surface area contributed by atoms with E-state index in [4.69, 9.17) is 16.3 Å². The fourth-order valence-electron chi connectivity index (χ4n) is 1.84. The third-order valence-corrected chi connectivity index (χ3v) is 4.01. The standard InChI is InChI=1S/C10H14ClIN2O/c11-9-7-14(13-10(9)12)5-1-3-8-4-2-6-15-8/h7-8H,1-6H2. The van der Waals surface area contributed by atoms with Gasteiger partial charge in [0, 0.05) is 19.3 Å². The first-order chi connectivity index (χ1) is 7.25. The zero-order chi connectivity index (χ0) is 10.7. The average Bonchev–Trinajstić information content (AvgIpc) is 2.79. The number of hydrogen-bond acceptors (Lipinski definition) is 2. The largest absolute Gasteiger partial charge is 0.378 e. The summed E-state index contributed by atoms with van der Waals surface area (Å²) in [7, 11) is 0. The second-order valence-corrected chi connectivity index (χ2v) is 5.24. The van der Waals surface area contributed by atoms with Crippen molar-refractivity contribution in [1.29, 1.82) is 0 Å². The maximum atomic E-state index is 5.92. The molecule has 15 heavy (non-hydrogen) atoms. The third-order valence-electron chi connectivity index (χ3n) is 2.61. The number of ether oxygens (including phenoxy) is 1. The van der Waals surface area contributed by atoms with Gasteiger partial charge in [-0.3, -0.25) is 4.68 Å². The van der Waals surface area contributed by atoms with Gasteiger partial charge in [-0.05, 0) is 48.3 Å². The van der Waals surface area contributed by atoms with E-state index in [1.165, 1.54) is 12.8 Å². The molecule has 0 radical (unpaired) electrons. The molecule has 1 aliphatic heterocycles. The quantitative estimate of drug-likeness (QED) is 0.788. The Morgan fingerprint density at radius 2 is 2.53 bits per heavy atom. The Morgan fingerprint density at radius 1 is 1.67 bits per heavy atom. The van der Waals surface area contributed by atoms with Crippen LogP contribution in [0.4, 0.5) is 0 Å². The van der Waals surface area contributed by atoms with Crippen LogP contribution in [0.15, 0.2) is 6.20 Å². The molecule has 0 spiro atoms. The highest BCUT2D eigenvalue weighted by Crippen LogP contribution is 2.18. The number of rotatable bonds is 4. The summed E-state index contributed by atoms with van der Waals surface area (Å²) in [6, 6.07) is 0. The van der Waals surface area contributed by atoms with Crippen LogP contribution in [0, 0.1) is 3.70 Å². The minimum absolute atomic E-state index is 0.482. The van der Waals surface area contributed by atoms with E-state index >= 15 is 0 Å². The van der Waals surface area contributed by atoms with E-state index in [9.17, 15) is 0 Å². The number of aryl methyl sites for hydroxylation is 1. The first-order valence-corrected chi connectivity index (χ1v) is 6.71. The Kier molecular flexibility index (Phi) is 4.28. The summed E-state index contributed by atoms with van der Waals surface area (Å²) in [5.74, 6) is 0. The molecule has 0 saturated carbocycles. The average molecular weight is 341 g/mol. The van der Waals surface area contributed by atoms with E-state index in [0.29, 0.717) is 6.10 Å². The molecule has 1 saturated heterocycles. The molecular formula is C10H14ClIN2O. The summed E-state index contributed by atoms with van der Waals surface area (Å²) in [6.45, 7) is 1.87. The van der Waals surface area contributed by atoms with Crippen LogP contribution in [0.3, 0.4) is 0 Å². The fraction of sp³-hybridized carbons (Fsp3) is 0.700. The van der Waals surface area contributed by atoms with E-state index in [1.807, 2.05) is 10.9 Å². The second-order valence-electron chi connectivity index (χ2n) is 3.81. The minimum atomic E-state index is 0.482. The van der Waals surface area contributed by atoms with Gasteiger partial charge in [-0.1, -0.05) is 11.6 Å². The van der Waals surface area contributed by atoms with Crippen molar-refractivity contribution in [2.24, 2.45) is 0 Å². The zero-order valence-electron chi connectivity index (χ0n) is 8.46. The maximum Gasteiger partial charge on any atom is 0.141 e. The van der Waals surface area contributed by atoms with Crippen LogP contribution in [0.25, 0.3) is 0 Å². The molecule has 1 atom stereocenters. The molecule has 0 amide bonds. The third kappa shape index (κ3) is 3.32. The Bertz CT molecular complexity index is 304. The maximum absolute atomic E-state index is 5.92. The van der Waals surface area contributed by atoms with Crippen molar-refractivity contribution >= 4 is 34.2 Å². The first-order valence-electron chi connectivity index (χ1n) is 5.26. The Morgan fingerprint density at radius 3 is 3.13 bits per heavy atom. The van der Waals surface area contributed by atoms with Gasteiger partial charge in [0.2, 0.25) is 0 Å². The molecule has 1 aliphatic rings. The molecule has 0 bridgehead atoms. The summed E-state index contributed by atoms with van der Waals surface area (Å²) in [6.07, 6.45) is 7.05. The van der Waals surface area contributed by atoms with Gasteiger partial charge in [0.1, 0.15) is 3.70 Å². The molecule has 2 heterocycles. The lowest BCUT2D eigenvalue weighted by atomic mass is 10.1. The van der Waals surface area contributed by atoms with Crippen LogP contribution >= 0.6 is 34.2 Å². The Labute approximate surface area is 108 Å². The Balaban J connectivity index is 1.73. The van der Waals surface area contributed by atoms with Crippen LogP contribution in [0.5, 0.6) is 0 Å². The summed E-state index contributed by atoms with van der Waals surface area (Å²) in [5, 5.41) is 5.05. The molecule has 0 aromatic carbocycles. The number of hydrogen-bond donors (Lipinski definition) is 0. The van der Waals surface area contributed by atoms with Gasteiger partial charge in [0.05, 0.1) is 11.1 Å². The summed E-state index contributed by atoms with van der Waals surface area (Å²) in [4.78, 5) is 0. The van der Waals surface area contributed by atoms with Gasteiger partial charge in [-0.2, -0.15) is 5.10 Å². The van der Waals surface area contributed by atoms with Crippen molar-refractivity contribution < 1.29 is 4.74 Å². The smallest absolute Gasteiger partial charge is 0.141 e. The Hall–Kier alpha value is 0.190. The van der Waals surface area contributed by atoms with Crippen molar-refractivity contribution in [2.75, 3.05) is 6.61 Å². The molecule has 3 nitrogen and oxygen atoms in total. The molecule has 0 aliphatic carbocycles. The zero-order valence-corrected chi connectivity index (χ0v) is 11.4. The van der Waals surface area contributed by atoms with Gasteiger partial charge in [0.25, 0.3) is 0 Å². The van der Waals surface area contributed by atoms with Crippen LogP contribution in [-0.2, 0) is 11.3 Å².